The maximum absolute atomic E-state index is 13.1. The molecular weight excluding hydrogens is 469 g/mol. The first kappa shape index (κ1) is 24.8. The lowest BCUT2D eigenvalue weighted by molar-refractivity contribution is -0.137. The quantitative estimate of drug-likeness (QED) is 0.589. The van der Waals surface area contributed by atoms with Crippen LogP contribution in [0.25, 0.3) is 0 Å². The van der Waals surface area contributed by atoms with Gasteiger partial charge in [-0.15, -0.1) is 0 Å². The third-order valence-electron chi connectivity index (χ3n) is 5.78. The number of carbonyl (C=O) groups excluding carboxylic acids is 2. The van der Waals surface area contributed by atoms with Crippen molar-refractivity contribution in [2.45, 2.75) is 12.3 Å². The molecule has 0 N–H and O–H groups in total. The number of carbonyl (C=O) groups is 2. The predicted octanol–water partition coefficient (Wildman–Crippen LogP) is 3.06. The van der Waals surface area contributed by atoms with Gasteiger partial charge in [-0.05, 0) is 42.5 Å². The first-order valence-corrected chi connectivity index (χ1v) is 11.0. The van der Waals surface area contributed by atoms with Crippen molar-refractivity contribution in [3.8, 4) is 11.5 Å². The number of fused-ring (bicyclic) bond motifs is 1. The summed E-state index contributed by atoms with van der Waals surface area (Å²) >= 11 is 0. The van der Waals surface area contributed by atoms with E-state index in [0.29, 0.717) is 23.6 Å². The lowest BCUT2D eigenvalue weighted by Crippen LogP contribution is -2.51. The van der Waals surface area contributed by atoms with E-state index in [0.717, 1.165) is 24.3 Å². The zero-order valence-corrected chi connectivity index (χ0v) is 19.0. The summed E-state index contributed by atoms with van der Waals surface area (Å²) in [5.41, 5.74) is -0.254. The second-order valence-corrected chi connectivity index (χ2v) is 8.13. The number of rotatable bonds is 7. The molecular formula is C24H25F3N2O6. The van der Waals surface area contributed by atoms with Crippen molar-refractivity contribution in [2.75, 3.05) is 53.3 Å². The molecule has 0 saturated carbocycles. The molecule has 0 aromatic heterocycles. The van der Waals surface area contributed by atoms with Gasteiger partial charge < -0.3 is 28.7 Å². The molecule has 0 spiro atoms. The van der Waals surface area contributed by atoms with Crippen molar-refractivity contribution in [3.05, 3.63) is 59.2 Å². The fraction of sp³-hybridized carbons (Fsp3) is 0.417. The molecule has 8 nitrogen and oxygen atoms in total. The molecule has 0 bridgehead atoms. The van der Waals surface area contributed by atoms with Crippen molar-refractivity contribution in [2.24, 2.45) is 0 Å². The fourth-order valence-corrected chi connectivity index (χ4v) is 3.93. The lowest BCUT2D eigenvalue weighted by Gasteiger charge is -2.36. The number of amides is 2. The molecule has 1 saturated heterocycles. The molecule has 1 unspecified atom stereocenters. The molecule has 0 aliphatic carbocycles. The van der Waals surface area contributed by atoms with Crippen LogP contribution in [-0.4, -0.2) is 81.0 Å². The zero-order chi connectivity index (χ0) is 25.0. The molecule has 1 fully saturated rings. The lowest BCUT2D eigenvalue weighted by atomic mass is 10.1. The molecule has 4 rings (SSSR count). The highest BCUT2D eigenvalue weighted by molar-refractivity contribution is 5.95. The van der Waals surface area contributed by atoms with Gasteiger partial charge in [0.05, 0.1) is 24.9 Å². The second kappa shape index (κ2) is 10.5. The van der Waals surface area contributed by atoms with Crippen molar-refractivity contribution < 1.29 is 41.7 Å². The monoisotopic (exact) mass is 494 g/mol. The average Bonchev–Trinajstić information content (AvgIpc) is 3.33. The van der Waals surface area contributed by atoms with Gasteiger partial charge in [-0.2, -0.15) is 13.2 Å². The van der Waals surface area contributed by atoms with Crippen LogP contribution in [0.1, 0.15) is 26.3 Å². The topological polar surface area (TPSA) is 77.5 Å². The Labute approximate surface area is 200 Å². The van der Waals surface area contributed by atoms with Crippen LogP contribution in [-0.2, 0) is 15.7 Å². The van der Waals surface area contributed by atoms with E-state index in [1.807, 2.05) is 0 Å². The Morgan fingerprint density at radius 2 is 1.80 bits per heavy atom. The molecule has 2 aliphatic heterocycles. The van der Waals surface area contributed by atoms with Gasteiger partial charge in [0.1, 0.15) is 0 Å². The highest BCUT2D eigenvalue weighted by Crippen LogP contribution is 2.33. The summed E-state index contributed by atoms with van der Waals surface area (Å²) < 4.78 is 60.1. The molecule has 1 atom stereocenters. The molecule has 2 aromatic rings. The van der Waals surface area contributed by atoms with Gasteiger partial charge in [-0.1, -0.05) is 0 Å². The van der Waals surface area contributed by atoms with Crippen LogP contribution in [0, 0.1) is 0 Å². The number of hydrogen-bond donors (Lipinski definition) is 0. The summed E-state index contributed by atoms with van der Waals surface area (Å²) in [4.78, 5) is 29.2. The molecule has 35 heavy (non-hydrogen) atoms. The van der Waals surface area contributed by atoms with Gasteiger partial charge >= 0.3 is 6.18 Å². The molecule has 11 heteroatoms. The summed E-state index contributed by atoms with van der Waals surface area (Å²) in [5.74, 6) is 0.443. The predicted molar refractivity (Wildman–Crippen MR) is 117 cm³/mol. The van der Waals surface area contributed by atoms with E-state index in [1.54, 1.807) is 23.1 Å². The average molecular weight is 494 g/mol. The number of methoxy groups -OCH3 is 1. The van der Waals surface area contributed by atoms with Crippen LogP contribution in [0.4, 0.5) is 13.2 Å². The number of nitrogens with zero attached hydrogens (tertiary/aromatic N) is 2. The van der Waals surface area contributed by atoms with E-state index < -0.39 is 23.8 Å². The minimum Gasteiger partial charge on any atom is -0.454 e. The summed E-state index contributed by atoms with van der Waals surface area (Å²) in [7, 11) is 1.49. The standard InChI is InChI=1S/C24H25F3N2O6/c1-32-10-8-28(22(30)16-2-5-18(6-3-16)24(25,26)27)13-19-14-29(9-11-33-19)23(31)17-4-7-20-21(12-17)35-15-34-20/h2-7,12,19H,8-11,13-15H2,1H3. The van der Waals surface area contributed by atoms with Crippen LogP contribution < -0.4 is 9.47 Å². The fourth-order valence-electron chi connectivity index (χ4n) is 3.93. The maximum atomic E-state index is 13.1. The van der Waals surface area contributed by atoms with Crippen molar-refractivity contribution in [1.29, 1.82) is 0 Å². The Morgan fingerprint density at radius 3 is 2.51 bits per heavy atom. The molecule has 2 aliphatic rings. The minimum absolute atomic E-state index is 0.108. The summed E-state index contributed by atoms with van der Waals surface area (Å²) in [6, 6.07) is 9.05. The van der Waals surface area contributed by atoms with E-state index in [-0.39, 0.29) is 51.1 Å². The Kier molecular flexibility index (Phi) is 7.46. The largest absolute Gasteiger partial charge is 0.454 e. The summed E-state index contributed by atoms with van der Waals surface area (Å²) in [6.45, 7) is 1.62. The van der Waals surface area contributed by atoms with E-state index in [1.165, 1.54) is 12.0 Å². The second-order valence-electron chi connectivity index (χ2n) is 8.13. The van der Waals surface area contributed by atoms with Gasteiger partial charge in [0.15, 0.2) is 11.5 Å². The maximum Gasteiger partial charge on any atom is 0.416 e. The van der Waals surface area contributed by atoms with Crippen LogP contribution in [0.5, 0.6) is 11.5 Å². The van der Waals surface area contributed by atoms with Gasteiger partial charge in [0.2, 0.25) is 6.79 Å². The zero-order valence-electron chi connectivity index (χ0n) is 19.0. The smallest absolute Gasteiger partial charge is 0.416 e. The van der Waals surface area contributed by atoms with Gasteiger partial charge in [0, 0.05) is 44.4 Å². The van der Waals surface area contributed by atoms with E-state index in [4.69, 9.17) is 18.9 Å². The Morgan fingerprint density at radius 1 is 1.09 bits per heavy atom. The number of alkyl halides is 3. The first-order valence-electron chi connectivity index (χ1n) is 11.0. The van der Waals surface area contributed by atoms with Crippen molar-refractivity contribution in [1.82, 2.24) is 9.80 Å². The SMILES string of the molecule is COCCN(CC1CN(C(=O)c2ccc3c(c2)OCO3)CCO1)C(=O)c1ccc(C(F)(F)F)cc1. The Hall–Kier alpha value is -3.31. The van der Waals surface area contributed by atoms with Crippen LogP contribution in [0.2, 0.25) is 0 Å². The van der Waals surface area contributed by atoms with Crippen LogP contribution >= 0.6 is 0 Å². The third kappa shape index (κ3) is 5.85. The Bertz CT molecular complexity index is 1060. The highest BCUT2D eigenvalue weighted by Gasteiger charge is 2.32. The summed E-state index contributed by atoms with van der Waals surface area (Å²) in [6.07, 6.45) is -4.96. The first-order chi connectivity index (χ1) is 16.8. The van der Waals surface area contributed by atoms with Crippen molar-refractivity contribution in [3.63, 3.8) is 0 Å². The number of ether oxygens (including phenoxy) is 4. The number of benzene rings is 2. The summed E-state index contributed by atoms with van der Waals surface area (Å²) in [5, 5.41) is 0. The van der Waals surface area contributed by atoms with Gasteiger partial charge in [0.25, 0.3) is 11.8 Å². The highest BCUT2D eigenvalue weighted by atomic mass is 19.4. The van der Waals surface area contributed by atoms with E-state index in [9.17, 15) is 22.8 Å². The van der Waals surface area contributed by atoms with Crippen molar-refractivity contribution >= 4 is 11.8 Å². The van der Waals surface area contributed by atoms with Gasteiger partial charge in [-0.3, -0.25) is 9.59 Å². The third-order valence-corrected chi connectivity index (χ3v) is 5.78. The van der Waals surface area contributed by atoms with E-state index >= 15 is 0 Å². The molecule has 188 valence electrons. The molecule has 2 amide bonds. The Balaban J connectivity index is 1.43. The van der Waals surface area contributed by atoms with E-state index in [2.05, 4.69) is 0 Å². The van der Waals surface area contributed by atoms with Crippen LogP contribution in [0.15, 0.2) is 42.5 Å². The normalized spacial score (nSPS) is 17.4. The number of halogens is 3. The van der Waals surface area contributed by atoms with Gasteiger partial charge in [-0.25, -0.2) is 0 Å². The van der Waals surface area contributed by atoms with Crippen LogP contribution in [0.3, 0.4) is 0 Å². The molecule has 2 heterocycles. The minimum atomic E-state index is -4.48. The number of morpholine rings is 1. The molecule has 2 aromatic carbocycles. The number of hydrogen-bond acceptors (Lipinski definition) is 6. The molecule has 0 radical (unpaired) electrons.